The van der Waals surface area contributed by atoms with Crippen LogP contribution in [0.4, 0.5) is 0 Å². The van der Waals surface area contributed by atoms with Crippen molar-refractivity contribution in [3.8, 4) is 0 Å². The summed E-state index contributed by atoms with van der Waals surface area (Å²) in [6.45, 7) is 2.35. The number of oxime groups is 1. The normalized spacial score (nSPS) is 52.9. The first-order chi connectivity index (χ1) is 13.6. The summed E-state index contributed by atoms with van der Waals surface area (Å²) in [6.07, 6.45) is 10.6. The molecule has 0 aromatic rings. The first-order valence-electron chi connectivity index (χ1n) is 11.4. The van der Waals surface area contributed by atoms with Crippen LogP contribution in [0.15, 0.2) is 15.8 Å². The van der Waals surface area contributed by atoms with Crippen molar-refractivity contribution < 1.29 is 14.7 Å². The van der Waals surface area contributed by atoms with Crippen molar-refractivity contribution in [1.82, 2.24) is 0 Å². The number of fused-ring (bicyclic) bond motifs is 9. The average molecular weight is 404 g/mol. The summed E-state index contributed by atoms with van der Waals surface area (Å²) in [7, 11) is 0. The number of halogens is 1. The van der Waals surface area contributed by atoms with Gasteiger partial charge in [0, 0.05) is 17.8 Å². The molecule has 0 aromatic carbocycles. The molecule has 4 saturated carbocycles. The van der Waals surface area contributed by atoms with E-state index in [9.17, 15) is 10.0 Å². The number of nitrogens with zero attached hydrogens (tertiary/aromatic N) is 1. The summed E-state index contributed by atoms with van der Waals surface area (Å²) < 4.78 is 6.25. The van der Waals surface area contributed by atoms with E-state index in [4.69, 9.17) is 16.3 Å². The molecule has 6 rings (SSSR count). The third kappa shape index (κ3) is 1.94. The Morgan fingerprint density at radius 1 is 1.14 bits per heavy atom. The number of carbonyl (C=O) groups is 1. The lowest BCUT2D eigenvalue weighted by atomic mass is 9.47. The number of carbonyl (C=O) groups excluding carboxylic acids is 1. The number of ether oxygens (including phenoxy) is 1. The smallest absolute Gasteiger partial charge is 0.306 e. The molecule has 5 heteroatoms. The minimum Gasteiger partial charge on any atom is -0.458 e. The van der Waals surface area contributed by atoms with Gasteiger partial charge >= 0.3 is 5.97 Å². The maximum Gasteiger partial charge on any atom is 0.306 e. The summed E-state index contributed by atoms with van der Waals surface area (Å²) in [5.41, 5.74) is 2.12. The van der Waals surface area contributed by atoms with Gasteiger partial charge in [0.2, 0.25) is 0 Å². The zero-order valence-corrected chi connectivity index (χ0v) is 17.4. The van der Waals surface area contributed by atoms with Crippen LogP contribution in [0.5, 0.6) is 0 Å². The highest BCUT2D eigenvalue weighted by Crippen LogP contribution is 2.79. The first-order valence-corrected chi connectivity index (χ1v) is 11.8. The third-order valence-corrected chi connectivity index (χ3v) is 10.5. The molecule has 1 aliphatic heterocycles. The maximum atomic E-state index is 12.2. The van der Waals surface area contributed by atoms with E-state index in [1.807, 2.05) is 0 Å². The molecule has 0 amide bonds. The van der Waals surface area contributed by atoms with Crippen molar-refractivity contribution in [2.75, 3.05) is 0 Å². The lowest BCUT2D eigenvalue weighted by Crippen LogP contribution is -2.56. The van der Waals surface area contributed by atoms with Gasteiger partial charge in [-0.15, -0.1) is 0 Å². The molecular weight excluding hydrogens is 374 g/mol. The number of esters is 1. The molecule has 28 heavy (non-hydrogen) atoms. The summed E-state index contributed by atoms with van der Waals surface area (Å²) in [5.74, 6) is 4.18. The molecule has 8 atom stereocenters. The second-order valence-corrected chi connectivity index (χ2v) is 10.7. The monoisotopic (exact) mass is 403 g/mol. The molecule has 5 fully saturated rings. The Morgan fingerprint density at radius 3 is 2.71 bits per heavy atom. The molecule has 6 aliphatic rings. The van der Waals surface area contributed by atoms with E-state index in [-0.39, 0.29) is 17.0 Å². The maximum absolute atomic E-state index is 12.2. The number of hydrogen-bond donors (Lipinski definition) is 1. The lowest BCUT2D eigenvalue weighted by molar-refractivity contribution is -0.179. The van der Waals surface area contributed by atoms with Gasteiger partial charge in [0.05, 0.1) is 10.7 Å². The van der Waals surface area contributed by atoms with Gasteiger partial charge in [0.1, 0.15) is 5.60 Å². The van der Waals surface area contributed by atoms with E-state index in [1.165, 1.54) is 31.3 Å². The largest absolute Gasteiger partial charge is 0.458 e. The lowest BCUT2D eigenvalue weighted by Gasteiger charge is -2.58. The van der Waals surface area contributed by atoms with Crippen molar-refractivity contribution in [1.29, 1.82) is 0 Å². The van der Waals surface area contributed by atoms with Crippen LogP contribution in [0.3, 0.4) is 0 Å². The molecule has 5 aliphatic carbocycles. The average Bonchev–Trinajstić information content (AvgIpc) is 3.35. The summed E-state index contributed by atoms with van der Waals surface area (Å²) >= 11 is 6.64. The molecule has 0 radical (unpaired) electrons. The Labute approximate surface area is 171 Å². The van der Waals surface area contributed by atoms with Crippen LogP contribution in [0.1, 0.15) is 71.1 Å². The van der Waals surface area contributed by atoms with Crippen molar-refractivity contribution >= 4 is 23.3 Å². The Balaban J connectivity index is 1.38. The highest BCUT2D eigenvalue weighted by molar-refractivity contribution is 6.44. The van der Waals surface area contributed by atoms with Gasteiger partial charge in [-0.05, 0) is 93.0 Å². The zero-order valence-electron chi connectivity index (χ0n) is 16.6. The predicted molar refractivity (Wildman–Crippen MR) is 106 cm³/mol. The molecule has 1 saturated heterocycles. The molecule has 0 aromatic heterocycles. The predicted octanol–water partition coefficient (Wildman–Crippen LogP) is 5.28. The van der Waals surface area contributed by atoms with Crippen LogP contribution in [0.2, 0.25) is 0 Å². The minimum absolute atomic E-state index is 0.0463. The Hall–Kier alpha value is -1.03. The molecule has 1 N–H and O–H groups in total. The fourth-order valence-corrected chi connectivity index (χ4v) is 9.50. The molecule has 1 spiro atoms. The molecule has 5 unspecified atom stereocenters. The molecule has 1 heterocycles. The van der Waals surface area contributed by atoms with Crippen LogP contribution >= 0.6 is 11.6 Å². The molecule has 4 nitrogen and oxygen atoms in total. The van der Waals surface area contributed by atoms with E-state index in [2.05, 4.69) is 12.1 Å². The van der Waals surface area contributed by atoms with Crippen molar-refractivity contribution in [3.63, 3.8) is 0 Å². The molecule has 152 valence electrons. The molecule has 0 bridgehead atoms. The van der Waals surface area contributed by atoms with E-state index in [0.717, 1.165) is 54.9 Å². The summed E-state index contributed by atoms with van der Waals surface area (Å²) in [6, 6.07) is 0. The van der Waals surface area contributed by atoms with Crippen LogP contribution < -0.4 is 0 Å². The zero-order chi connectivity index (χ0) is 19.3. The van der Waals surface area contributed by atoms with Gasteiger partial charge in [0.25, 0.3) is 0 Å². The van der Waals surface area contributed by atoms with Crippen LogP contribution in [-0.2, 0) is 9.53 Å². The highest BCUT2D eigenvalue weighted by Gasteiger charge is 2.79. The van der Waals surface area contributed by atoms with Crippen molar-refractivity contribution in [2.45, 2.75) is 76.7 Å². The van der Waals surface area contributed by atoms with Gasteiger partial charge in [-0.1, -0.05) is 23.7 Å². The van der Waals surface area contributed by atoms with Crippen molar-refractivity contribution in [2.24, 2.45) is 46.1 Å². The Kier molecular flexibility index (Phi) is 3.67. The second kappa shape index (κ2) is 5.77. The van der Waals surface area contributed by atoms with Gasteiger partial charge in [-0.25, -0.2) is 0 Å². The van der Waals surface area contributed by atoms with Gasteiger partial charge in [0.15, 0.2) is 0 Å². The van der Waals surface area contributed by atoms with E-state index < -0.39 is 0 Å². The molecular formula is C23H30ClNO3. The van der Waals surface area contributed by atoms with E-state index in [0.29, 0.717) is 29.9 Å². The van der Waals surface area contributed by atoms with Gasteiger partial charge in [-0.2, -0.15) is 0 Å². The van der Waals surface area contributed by atoms with Crippen LogP contribution in [0.25, 0.3) is 0 Å². The SMILES string of the molecule is CC[C@]12CCC3C(CCC4=C(Cl)/C(=N/O)CC[C@@H]43)C1C1CC1[C@@]21CCC(=O)O1. The fourth-order valence-electron chi connectivity index (χ4n) is 9.14. The Morgan fingerprint density at radius 2 is 2.00 bits per heavy atom. The summed E-state index contributed by atoms with van der Waals surface area (Å²) in [4.78, 5) is 12.2. The van der Waals surface area contributed by atoms with E-state index >= 15 is 0 Å². The number of hydrogen-bond acceptors (Lipinski definition) is 4. The minimum atomic E-state index is -0.143. The topological polar surface area (TPSA) is 58.9 Å². The van der Waals surface area contributed by atoms with Gasteiger partial charge in [-0.3, -0.25) is 4.79 Å². The van der Waals surface area contributed by atoms with Crippen molar-refractivity contribution in [3.05, 3.63) is 10.6 Å². The second-order valence-electron chi connectivity index (χ2n) is 10.3. The fraction of sp³-hybridized carbons (Fsp3) is 0.826. The third-order valence-electron chi connectivity index (χ3n) is 10.0. The Bertz CT molecular complexity index is 806. The van der Waals surface area contributed by atoms with Crippen LogP contribution in [-0.4, -0.2) is 22.5 Å². The quantitative estimate of drug-likeness (QED) is 0.368. The first kappa shape index (κ1) is 17.8. The number of allylic oxidation sites excluding steroid dienone is 2. The van der Waals surface area contributed by atoms with Crippen LogP contribution in [0, 0.1) is 40.9 Å². The van der Waals surface area contributed by atoms with Gasteiger partial charge < -0.3 is 9.94 Å². The van der Waals surface area contributed by atoms with E-state index in [1.54, 1.807) is 0 Å². The highest BCUT2D eigenvalue weighted by atomic mass is 35.5. The standard InChI is InChI=1S/C23H30ClNO3/c1-2-22-9-7-13-12-5-6-18(25-27)21(24)15(12)4-3-14(13)20(22)16-11-17(16)23(22)10-8-19(26)28-23/h12-14,16-17,20,27H,2-11H2,1H3/b25-18+/t12-,13?,14?,16?,17?,20?,22+,23+/m1/s1. The summed E-state index contributed by atoms with van der Waals surface area (Å²) in [5, 5.41) is 13.5. The number of rotatable bonds is 1.